The van der Waals surface area contributed by atoms with Gasteiger partial charge >= 0.3 is 11.9 Å². The summed E-state index contributed by atoms with van der Waals surface area (Å²) in [5, 5.41) is 0. The molecule has 1 aromatic carbocycles. The lowest BCUT2D eigenvalue weighted by Gasteiger charge is -2.20. The molecule has 0 atom stereocenters. The van der Waals surface area contributed by atoms with Gasteiger partial charge in [0.2, 0.25) is 0 Å². The van der Waals surface area contributed by atoms with E-state index in [1.165, 1.54) is 0 Å². The Morgan fingerprint density at radius 2 is 1.90 bits per heavy atom. The molecule has 2 N–H and O–H groups in total. The summed E-state index contributed by atoms with van der Waals surface area (Å²) in [4.78, 5) is 23.8. The third-order valence-electron chi connectivity index (χ3n) is 2.42. The number of esters is 2. The van der Waals surface area contributed by atoms with Crippen molar-refractivity contribution < 1.29 is 19.1 Å². The molecule has 110 valence electrons. The minimum absolute atomic E-state index is 0.0174. The SMILES string of the molecule is CCOC(=O)c1c(N)cccc1CC(=O)OC(C)(C)C. The van der Waals surface area contributed by atoms with E-state index in [1.807, 2.05) is 0 Å². The van der Waals surface area contributed by atoms with Crippen LogP contribution < -0.4 is 5.73 Å². The summed E-state index contributed by atoms with van der Waals surface area (Å²) < 4.78 is 10.2. The molecule has 0 aromatic heterocycles. The molecular formula is C15H21NO4. The molecule has 0 aliphatic rings. The third-order valence-corrected chi connectivity index (χ3v) is 2.42. The predicted octanol–water partition coefficient (Wildman–Crippen LogP) is 2.33. The van der Waals surface area contributed by atoms with E-state index < -0.39 is 17.5 Å². The minimum Gasteiger partial charge on any atom is -0.462 e. The second kappa shape index (κ2) is 6.41. The lowest BCUT2D eigenvalue weighted by molar-refractivity contribution is -0.153. The number of hydrogen-bond donors (Lipinski definition) is 1. The van der Waals surface area contributed by atoms with Gasteiger partial charge in [0.05, 0.1) is 18.6 Å². The largest absolute Gasteiger partial charge is 0.462 e. The molecule has 1 aromatic rings. The Hall–Kier alpha value is -2.04. The number of nitrogens with two attached hydrogens (primary N) is 1. The summed E-state index contributed by atoms with van der Waals surface area (Å²) in [5.74, 6) is -0.933. The molecule has 0 aliphatic carbocycles. The molecule has 0 amide bonds. The highest BCUT2D eigenvalue weighted by atomic mass is 16.6. The van der Waals surface area contributed by atoms with Crippen molar-refractivity contribution in [1.82, 2.24) is 0 Å². The maximum absolute atomic E-state index is 11.9. The number of carbonyl (C=O) groups excluding carboxylic acids is 2. The zero-order valence-corrected chi connectivity index (χ0v) is 12.4. The zero-order chi connectivity index (χ0) is 15.3. The number of carbonyl (C=O) groups is 2. The van der Waals surface area contributed by atoms with Gasteiger partial charge in [0.15, 0.2) is 0 Å². The van der Waals surface area contributed by atoms with Gasteiger partial charge in [-0.2, -0.15) is 0 Å². The fourth-order valence-electron chi connectivity index (χ4n) is 1.75. The van der Waals surface area contributed by atoms with Crippen LogP contribution in [0.15, 0.2) is 18.2 Å². The van der Waals surface area contributed by atoms with Gasteiger partial charge < -0.3 is 15.2 Å². The Labute approximate surface area is 119 Å². The lowest BCUT2D eigenvalue weighted by atomic mass is 10.0. The van der Waals surface area contributed by atoms with Gasteiger partial charge in [-0.25, -0.2) is 4.79 Å². The minimum atomic E-state index is -0.568. The monoisotopic (exact) mass is 279 g/mol. The maximum Gasteiger partial charge on any atom is 0.340 e. The van der Waals surface area contributed by atoms with E-state index in [0.29, 0.717) is 11.3 Å². The van der Waals surface area contributed by atoms with Gasteiger partial charge in [-0.05, 0) is 39.3 Å². The van der Waals surface area contributed by atoms with E-state index in [0.717, 1.165) is 0 Å². The molecule has 5 nitrogen and oxygen atoms in total. The Morgan fingerprint density at radius 1 is 1.25 bits per heavy atom. The predicted molar refractivity (Wildman–Crippen MR) is 76.4 cm³/mol. The highest BCUT2D eigenvalue weighted by Gasteiger charge is 2.21. The first-order valence-corrected chi connectivity index (χ1v) is 6.51. The Morgan fingerprint density at radius 3 is 2.45 bits per heavy atom. The Bertz CT molecular complexity index is 503. The normalized spacial score (nSPS) is 11.0. The van der Waals surface area contributed by atoms with Crippen LogP contribution in [0.3, 0.4) is 0 Å². The molecular weight excluding hydrogens is 258 g/mol. The molecule has 0 fully saturated rings. The first-order valence-electron chi connectivity index (χ1n) is 6.51. The van der Waals surface area contributed by atoms with Crippen molar-refractivity contribution in [3.8, 4) is 0 Å². The molecule has 0 unspecified atom stereocenters. The molecule has 0 heterocycles. The molecule has 1 rings (SSSR count). The van der Waals surface area contributed by atoms with E-state index in [9.17, 15) is 9.59 Å². The second-order valence-electron chi connectivity index (χ2n) is 5.37. The average Bonchev–Trinajstić information content (AvgIpc) is 2.26. The van der Waals surface area contributed by atoms with E-state index in [-0.39, 0.29) is 18.6 Å². The van der Waals surface area contributed by atoms with Gasteiger partial charge in [0.1, 0.15) is 5.60 Å². The molecule has 0 bridgehead atoms. The first-order chi connectivity index (χ1) is 9.24. The fourth-order valence-corrected chi connectivity index (χ4v) is 1.75. The van der Waals surface area contributed by atoms with Crippen LogP contribution in [0.1, 0.15) is 43.6 Å². The van der Waals surface area contributed by atoms with Crippen LogP contribution >= 0.6 is 0 Å². The molecule has 20 heavy (non-hydrogen) atoms. The van der Waals surface area contributed by atoms with E-state index in [4.69, 9.17) is 15.2 Å². The number of hydrogen-bond acceptors (Lipinski definition) is 5. The summed E-state index contributed by atoms with van der Waals surface area (Å²) in [6, 6.07) is 4.97. The molecule has 0 saturated carbocycles. The standard InChI is InChI=1S/C15H21NO4/c1-5-19-14(18)13-10(7-6-8-11(13)16)9-12(17)20-15(2,3)4/h6-8H,5,9,16H2,1-4H3. The van der Waals surface area contributed by atoms with Crippen molar-refractivity contribution in [3.05, 3.63) is 29.3 Å². The van der Waals surface area contributed by atoms with Crippen molar-refractivity contribution in [2.45, 2.75) is 39.7 Å². The maximum atomic E-state index is 11.9. The number of benzene rings is 1. The summed E-state index contributed by atoms with van der Waals surface area (Å²) in [7, 11) is 0. The highest BCUT2D eigenvalue weighted by molar-refractivity contribution is 5.97. The summed E-state index contributed by atoms with van der Waals surface area (Å²) in [6.07, 6.45) is -0.0174. The lowest BCUT2D eigenvalue weighted by Crippen LogP contribution is -2.25. The van der Waals surface area contributed by atoms with E-state index in [2.05, 4.69) is 0 Å². The van der Waals surface area contributed by atoms with Crippen LogP contribution in [0.4, 0.5) is 5.69 Å². The van der Waals surface area contributed by atoms with E-state index >= 15 is 0 Å². The third kappa shape index (κ3) is 4.57. The number of anilines is 1. The van der Waals surface area contributed by atoms with E-state index in [1.54, 1.807) is 45.9 Å². The fraction of sp³-hybridized carbons (Fsp3) is 0.467. The molecule has 0 aliphatic heterocycles. The molecule has 5 heteroatoms. The molecule has 0 saturated heterocycles. The smallest absolute Gasteiger partial charge is 0.340 e. The topological polar surface area (TPSA) is 78.6 Å². The van der Waals surface area contributed by atoms with Crippen molar-refractivity contribution in [2.75, 3.05) is 12.3 Å². The van der Waals surface area contributed by atoms with Crippen LogP contribution in [0.2, 0.25) is 0 Å². The number of ether oxygens (including phenoxy) is 2. The van der Waals surface area contributed by atoms with Crippen LogP contribution in [0.25, 0.3) is 0 Å². The quantitative estimate of drug-likeness (QED) is 0.676. The van der Waals surface area contributed by atoms with Crippen LogP contribution in [0, 0.1) is 0 Å². The van der Waals surface area contributed by atoms with Gasteiger partial charge in [0, 0.05) is 5.69 Å². The van der Waals surface area contributed by atoms with Crippen LogP contribution in [-0.4, -0.2) is 24.1 Å². The van der Waals surface area contributed by atoms with Gasteiger partial charge in [-0.1, -0.05) is 12.1 Å². The van der Waals surface area contributed by atoms with Gasteiger partial charge in [0.25, 0.3) is 0 Å². The molecule has 0 radical (unpaired) electrons. The van der Waals surface area contributed by atoms with Crippen molar-refractivity contribution in [2.24, 2.45) is 0 Å². The second-order valence-corrected chi connectivity index (χ2v) is 5.37. The van der Waals surface area contributed by atoms with Crippen molar-refractivity contribution in [1.29, 1.82) is 0 Å². The first kappa shape index (κ1) is 16.0. The van der Waals surface area contributed by atoms with Gasteiger partial charge in [-0.3, -0.25) is 4.79 Å². The average molecular weight is 279 g/mol. The summed E-state index contributed by atoms with van der Waals surface area (Å²) in [6.45, 7) is 7.33. The molecule has 0 spiro atoms. The van der Waals surface area contributed by atoms with Gasteiger partial charge in [-0.15, -0.1) is 0 Å². The summed E-state index contributed by atoms with van der Waals surface area (Å²) >= 11 is 0. The summed E-state index contributed by atoms with van der Waals surface area (Å²) in [5.41, 5.74) is 6.28. The Balaban J connectivity index is 2.98. The van der Waals surface area contributed by atoms with Crippen LogP contribution in [0.5, 0.6) is 0 Å². The Kier molecular flexibility index (Phi) is 5.13. The van der Waals surface area contributed by atoms with Crippen LogP contribution in [-0.2, 0) is 20.7 Å². The number of nitrogen functional groups attached to an aromatic ring is 1. The van der Waals surface area contributed by atoms with Crippen molar-refractivity contribution in [3.63, 3.8) is 0 Å². The zero-order valence-electron chi connectivity index (χ0n) is 12.4. The highest BCUT2D eigenvalue weighted by Crippen LogP contribution is 2.20. The van der Waals surface area contributed by atoms with Crippen molar-refractivity contribution >= 4 is 17.6 Å². The number of rotatable bonds is 4.